The van der Waals surface area contributed by atoms with Crippen molar-refractivity contribution in [1.82, 2.24) is 5.32 Å². The maximum Gasteiger partial charge on any atom is 0.228 e. The Morgan fingerprint density at radius 2 is 2.36 bits per heavy atom. The number of nitrogens with one attached hydrogen (secondary N) is 1. The highest BCUT2D eigenvalue weighted by Crippen LogP contribution is 2.17. The van der Waals surface area contributed by atoms with E-state index in [0.717, 1.165) is 5.57 Å². The van der Waals surface area contributed by atoms with Gasteiger partial charge in [-0.3, -0.25) is 4.79 Å². The second-order valence-corrected chi connectivity index (χ2v) is 2.23. The molecule has 0 spiro atoms. The number of carbonyl (C=O) groups is 1. The molecule has 1 heterocycles. The predicted octanol–water partition coefficient (Wildman–Crippen LogP) is 0.419. The molecule has 1 rings (SSSR count). The van der Waals surface area contributed by atoms with Crippen LogP contribution in [-0.2, 0) is 4.79 Å². The van der Waals surface area contributed by atoms with Gasteiger partial charge in [0.25, 0.3) is 0 Å². The van der Waals surface area contributed by atoms with Crippen LogP contribution in [0.5, 0.6) is 0 Å². The first-order chi connectivity index (χ1) is 5.27. The average molecular weight is 150 g/mol. The molecule has 0 saturated carbocycles. The third-order valence-corrected chi connectivity index (χ3v) is 1.46. The summed E-state index contributed by atoms with van der Waals surface area (Å²) in [6, 6.07) is 0. The number of nitrogens with two attached hydrogens (primary N) is 1. The van der Waals surface area contributed by atoms with Crippen molar-refractivity contribution in [3.05, 3.63) is 36.2 Å². The summed E-state index contributed by atoms with van der Waals surface area (Å²) in [7, 11) is 0. The van der Waals surface area contributed by atoms with Crippen LogP contribution in [0.15, 0.2) is 36.2 Å². The van der Waals surface area contributed by atoms with Crippen LogP contribution in [0.1, 0.15) is 6.42 Å². The molecule has 1 amide bonds. The zero-order chi connectivity index (χ0) is 8.27. The molecule has 0 aromatic rings. The Morgan fingerprint density at radius 1 is 1.64 bits per heavy atom. The smallest absolute Gasteiger partial charge is 0.228 e. The van der Waals surface area contributed by atoms with E-state index in [9.17, 15) is 4.79 Å². The minimum Gasteiger partial charge on any atom is -0.403 e. The summed E-state index contributed by atoms with van der Waals surface area (Å²) in [6.45, 7) is 3.53. The van der Waals surface area contributed by atoms with Crippen molar-refractivity contribution in [3.63, 3.8) is 0 Å². The Morgan fingerprint density at radius 3 is 2.91 bits per heavy atom. The molecule has 1 aliphatic heterocycles. The summed E-state index contributed by atoms with van der Waals surface area (Å²) in [5.74, 6) is -0.0187. The molecule has 0 unspecified atom stereocenters. The normalized spacial score (nSPS) is 24.2. The number of rotatable bonds is 1. The van der Waals surface area contributed by atoms with Crippen molar-refractivity contribution < 1.29 is 4.79 Å². The van der Waals surface area contributed by atoms with Gasteiger partial charge in [-0.05, 0) is 5.57 Å². The fourth-order valence-electron chi connectivity index (χ4n) is 0.983. The Balaban J connectivity index is 2.89. The molecule has 0 aromatic heterocycles. The van der Waals surface area contributed by atoms with Gasteiger partial charge in [0, 0.05) is 6.20 Å². The lowest BCUT2D eigenvalue weighted by Crippen LogP contribution is -2.12. The van der Waals surface area contributed by atoms with Crippen LogP contribution in [0.4, 0.5) is 0 Å². The van der Waals surface area contributed by atoms with Gasteiger partial charge in [-0.2, -0.15) is 0 Å². The minimum absolute atomic E-state index is 0.0187. The topological polar surface area (TPSA) is 55.1 Å². The molecule has 0 radical (unpaired) electrons. The lowest BCUT2D eigenvalue weighted by atomic mass is 10.2. The van der Waals surface area contributed by atoms with Crippen molar-refractivity contribution in [2.24, 2.45) is 5.73 Å². The zero-order valence-electron chi connectivity index (χ0n) is 6.13. The highest BCUT2D eigenvalue weighted by Gasteiger charge is 2.18. The summed E-state index contributed by atoms with van der Waals surface area (Å²) in [5.41, 5.74) is 6.85. The standard InChI is InChI=1S/C8H10N2O/c1-2-3-6-4-8(11)10-7(6)5-9/h2-3,5H,1,4,9H2,(H,10,11)/b6-3-,7-5+. The van der Waals surface area contributed by atoms with Gasteiger partial charge in [0.05, 0.1) is 12.1 Å². The molecule has 3 heteroatoms. The summed E-state index contributed by atoms with van der Waals surface area (Å²) >= 11 is 0. The Bertz CT molecular complexity index is 251. The molecule has 0 atom stereocenters. The second kappa shape index (κ2) is 3.05. The lowest BCUT2D eigenvalue weighted by molar-refractivity contribution is -0.118. The summed E-state index contributed by atoms with van der Waals surface area (Å²) in [5, 5.41) is 2.62. The Hall–Kier alpha value is -1.51. The third-order valence-electron chi connectivity index (χ3n) is 1.46. The fraction of sp³-hybridized carbons (Fsp3) is 0.125. The number of hydrogen-bond acceptors (Lipinski definition) is 2. The average Bonchev–Trinajstić information content (AvgIpc) is 2.32. The number of carbonyl (C=O) groups excluding carboxylic acids is 1. The van der Waals surface area contributed by atoms with Crippen LogP contribution in [0.25, 0.3) is 0 Å². The van der Waals surface area contributed by atoms with Crippen LogP contribution in [-0.4, -0.2) is 5.91 Å². The van der Waals surface area contributed by atoms with E-state index in [0.29, 0.717) is 12.1 Å². The highest BCUT2D eigenvalue weighted by atomic mass is 16.1. The molecular formula is C8H10N2O. The van der Waals surface area contributed by atoms with Crippen LogP contribution in [0, 0.1) is 0 Å². The fourth-order valence-corrected chi connectivity index (χ4v) is 0.983. The van der Waals surface area contributed by atoms with E-state index in [4.69, 9.17) is 5.73 Å². The van der Waals surface area contributed by atoms with Gasteiger partial charge in [0.15, 0.2) is 0 Å². The first-order valence-corrected chi connectivity index (χ1v) is 3.31. The second-order valence-electron chi connectivity index (χ2n) is 2.23. The van der Waals surface area contributed by atoms with E-state index < -0.39 is 0 Å². The maximum absolute atomic E-state index is 10.8. The first-order valence-electron chi connectivity index (χ1n) is 3.31. The number of allylic oxidation sites excluding steroid dienone is 3. The van der Waals surface area contributed by atoms with Gasteiger partial charge < -0.3 is 11.1 Å². The van der Waals surface area contributed by atoms with Crippen LogP contribution >= 0.6 is 0 Å². The van der Waals surface area contributed by atoms with E-state index in [1.54, 1.807) is 12.2 Å². The number of hydrogen-bond donors (Lipinski definition) is 2. The largest absolute Gasteiger partial charge is 0.403 e. The van der Waals surface area contributed by atoms with Crippen molar-refractivity contribution >= 4 is 5.91 Å². The van der Waals surface area contributed by atoms with E-state index in [-0.39, 0.29) is 5.91 Å². The minimum atomic E-state index is -0.0187. The van der Waals surface area contributed by atoms with E-state index >= 15 is 0 Å². The highest BCUT2D eigenvalue weighted by molar-refractivity contribution is 5.86. The Labute approximate surface area is 65.3 Å². The van der Waals surface area contributed by atoms with Gasteiger partial charge in [-0.25, -0.2) is 0 Å². The summed E-state index contributed by atoms with van der Waals surface area (Å²) in [6.07, 6.45) is 5.20. The maximum atomic E-state index is 10.8. The third kappa shape index (κ3) is 1.49. The van der Waals surface area contributed by atoms with Gasteiger partial charge >= 0.3 is 0 Å². The van der Waals surface area contributed by atoms with Gasteiger partial charge in [0.2, 0.25) is 5.91 Å². The van der Waals surface area contributed by atoms with E-state index in [1.807, 2.05) is 0 Å². The monoisotopic (exact) mass is 150 g/mol. The number of amides is 1. The SMILES string of the molecule is C=C/C=C1/CC(=O)N/C1=C/N. The van der Waals surface area contributed by atoms with Gasteiger partial charge in [-0.15, -0.1) is 0 Å². The summed E-state index contributed by atoms with van der Waals surface area (Å²) in [4.78, 5) is 10.8. The quantitative estimate of drug-likeness (QED) is 0.569. The molecule has 0 bridgehead atoms. The molecular weight excluding hydrogens is 140 g/mol. The molecule has 1 saturated heterocycles. The molecule has 0 aromatic carbocycles. The molecule has 3 N–H and O–H groups in total. The molecule has 11 heavy (non-hydrogen) atoms. The van der Waals surface area contributed by atoms with Crippen LogP contribution in [0.2, 0.25) is 0 Å². The molecule has 3 nitrogen and oxygen atoms in total. The van der Waals surface area contributed by atoms with Crippen molar-refractivity contribution in [2.45, 2.75) is 6.42 Å². The zero-order valence-corrected chi connectivity index (χ0v) is 6.13. The summed E-state index contributed by atoms with van der Waals surface area (Å²) < 4.78 is 0. The molecule has 0 aliphatic carbocycles. The molecule has 58 valence electrons. The van der Waals surface area contributed by atoms with E-state index in [1.165, 1.54) is 6.20 Å². The van der Waals surface area contributed by atoms with Crippen LogP contribution in [0.3, 0.4) is 0 Å². The van der Waals surface area contributed by atoms with Gasteiger partial charge in [-0.1, -0.05) is 18.7 Å². The van der Waals surface area contributed by atoms with E-state index in [2.05, 4.69) is 11.9 Å². The molecule has 1 aliphatic rings. The molecule has 1 fully saturated rings. The van der Waals surface area contributed by atoms with Gasteiger partial charge in [0.1, 0.15) is 0 Å². The van der Waals surface area contributed by atoms with Crippen LogP contribution < -0.4 is 11.1 Å². The Kier molecular flexibility index (Phi) is 2.11. The predicted molar refractivity (Wildman–Crippen MR) is 43.3 cm³/mol. The van der Waals surface area contributed by atoms with Crippen molar-refractivity contribution in [3.8, 4) is 0 Å². The van der Waals surface area contributed by atoms with Crippen molar-refractivity contribution in [2.75, 3.05) is 0 Å². The van der Waals surface area contributed by atoms with Crippen molar-refractivity contribution in [1.29, 1.82) is 0 Å². The first kappa shape index (κ1) is 7.60. The lowest BCUT2D eigenvalue weighted by Gasteiger charge is -1.94.